The minimum absolute atomic E-state index is 0.159. The molecule has 33 heavy (non-hydrogen) atoms. The van der Waals surface area contributed by atoms with E-state index in [-0.39, 0.29) is 11.8 Å². The van der Waals surface area contributed by atoms with Crippen LogP contribution in [0.1, 0.15) is 19.4 Å². The largest absolute Gasteiger partial charge is 0.479 e. The number of hydrogen-bond donors (Lipinski definition) is 6. The molecule has 0 radical (unpaired) electrons. The predicted octanol–water partition coefficient (Wildman–Crippen LogP) is -0.360. The van der Waals surface area contributed by atoms with Gasteiger partial charge in [0, 0.05) is 25.7 Å². The van der Waals surface area contributed by atoms with Crippen LogP contribution >= 0.6 is 0 Å². The van der Waals surface area contributed by atoms with E-state index in [1.807, 2.05) is 55.2 Å². The number of amides is 1. The third kappa shape index (κ3) is 5.77. The SMILES string of the molecule is C=CCNC1C2CN(C(=O)C(O)(c3ccccc3)C(C)C)CC21.O=C(O)C(O)C(O)C(=O)O. The van der Waals surface area contributed by atoms with Gasteiger partial charge in [-0.2, -0.15) is 0 Å². The van der Waals surface area contributed by atoms with Gasteiger partial charge in [-0.1, -0.05) is 50.3 Å². The number of rotatable bonds is 9. The first-order chi connectivity index (χ1) is 15.5. The first kappa shape index (κ1) is 26.5. The lowest BCUT2D eigenvalue weighted by Gasteiger charge is -2.35. The maximum absolute atomic E-state index is 13.0. The molecule has 2 fully saturated rings. The number of carboxylic acids is 2. The van der Waals surface area contributed by atoms with E-state index < -0.39 is 29.7 Å². The number of benzene rings is 1. The fourth-order valence-corrected chi connectivity index (χ4v) is 4.12. The molecule has 1 aromatic rings. The molecule has 1 aliphatic carbocycles. The van der Waals surface area contributed by atoms with Crippen molar-refractivity contribution in [2.75, 3.05) is 19.6 Å². The third-order valence-corrected chi connectivity index (χ3v) is 6.16. The maximum atomic E-state index is 13.0. The highest BCUT2D eigenvalue weighted by molar-refractivity contribution is 5.87. The highest BCUT2D eigenvalue weighted by Gasteiger charge is 2.58. The molecule has 1 saturated carbocycles. The van der Waals surface area contributed by atoms with E-state index in [4.69, 9.17) is 20.4 Å². The van der Waals surface area contributed by atoms with Gasteiger partial charge in [0.1, 0.15) is 0 Å². The lowest BCUT2D eigenvalue weighted by molar-refractivity contribution is -0.165. The number of carbonyl (C=O) groups is 3. The van der Waals surface area contributed by atoms with Gasteiger partial charge >= 0.3 is 11.9 Å². The highest BCUT2D eigenvalue weighted by atomic mass is 16.4. The fraction of sp³-hybridized carbons (Fsp3) is 0.522. The first-order valence-corrected chi connectivity index (χ1v) is 10.7. The van der Waals surface area contributed by atoms with Crippen LogP contribution in [-0.4, -0.2) is 86.2 Å². The number of hydrogen-bond acceptors (Lipinski definition) is 7. The number of likely N-dealkylation sites (tertiary alicyclic amines) is 1. The molecule has 1 heterocycles. The quantitative estimate of drug-likeness (QED) is 0.267. The van der Waals surface area contributed by atoms with Crippen LogP contribution in [0, 0.1) is 17.8 Å². The Hall–Kier alpha value is -2.79. The summed E-state index contributed by atoms with van der Waals surface area (Å²) in [6.07, 6.45) is -2.67. The number of aliphatic carboxylic acids is 2. The number of carbonyl (C=O) groups excluding carboxylic acids is 1. The van der Waals surface area contributed by atoms with Crippen LogP contribution in [0.5, 0.6) is 0 Å². The Labute approximate surface area is 192 Å². The van der Waals surface area contributed by atoms with E-state index in [0.717, 1.165) is 19.6 Å². The van der Waals surface area contributed by atoms with Crippen molar-refractivity contribution in [2.24, 2.45) is 17.8 Å². The number of carboxylic acid groups (broad SMARTS) is 2. The maximum Gasteiger partial charge on any atom is 0.335 e. The van der Waals surface area contributed by atoms with Crippen LogP contribution in [0.15, 0.2) is 43.0 Å². The van der Waals surface area contributed by atoms with Crippen LogP contribution < -0.4 is 5.32 Å². The average Bonchev–Trinajstić information content (AvgIpc) is 3.23. The van der Waals surface area contributed by atoms with Gasteiger partial charge < -0.3 is 35.7 Å². The first-order valence-electron chi connectivity index (χ1n) is 10.7. The van der Waals surface area contributed by atoms with Crippen LogP contribution in [0.3, 0.4) is 0 Å². The molecule has 182 valence electrons. The van der Waals surface area contributed by atoms with Gasteiger partial charge in [-0.25, -0.2) is 9.59 Å². The van der Waals surface area contributed by atoms with Gasteiger partial charge in [-0.3, -0.25) is 4.79 Å². The second kappa shape index (κ2) is 10.9. The molecular formula is C23H32N2O8. The Kier molecular flexibility index (Phi) is 8.73. The Balaban J connectivity index is 0.000000328. The molecule has 1 aromatic carbocycles. The summed E-state index contributed by atoms with van der Waals surface area (Å²) in [5.41, 5.74) is -0.760. The molecule has 1 amide bonds. The molecule has 1 aliphatic heterocycles. The van der Waals surface area contributed by atoms with Crippen molar-refractivity contribution < 1.29 is 39.9 Å². The smallest absolute Gasteiger partial charge is 0.335 e. The van der Waals surface area contributed by atoms with Crippen molar-refractivity contribution in [3.8, 4) is 0 Å². The van der Waals surface area contributed by atoms with Crippen molar-refractivity contribution >= 4 is 17.8 Å². The monoisotopic (exact) mass is 464 g/mol. The van der Waals surface area contributed by atoms with E-state index >= 15 is 0 Å². The molecule has 3 rings (SSSR count). The number of aliphatic hydroxyl groups excluding tert-OH is 2. The number of nitrogens with zero attached hydrogens (tertiary/aromatic N) is 1. The van der Waals surface area contributed by atoms with Crippen molar-refractivity contribution in [3.05, 3.63) is 48.6 Å². The molecule has 0 aromatic heterocycles. The number of nitrogens with one attached hydrogen (secondary N) is 1. The van der Waals surface area contributed by atoms with Crippen LogP contribution in [0.2, 0.25) is 0 Å². The Bertz CT molecular complexity index is 831. The summed E-state index contributed by atoms with van der Waals surface area (Å²) in [7, 11) is 0. The molecule has 1 saturated heterocycles. The Morgan fingerprint density at radius 3 is 1.97 bits per heavy atom. The summed E-state index contributed by atoms with van der Waals surface area (Å²) in [5, 5.41) is 47.1. The topological polar surface area (TPSA) is 168 Å². The predicted molar refractivity (Wildman–Crippen MR) is 118 cm³/mol. The Morgan fingerprint density at radius 1 is 1.09 bits per heavy atom. The van der Waals surface area contributed by atoms with Gasteiger partial charge in [0.15, 0.2) is 17.8 Å². The van der Waals surface area contributed by atoms with E-state index in [9.17, 15) is 19.5 Å². The van der Waals surface area contributed by atoms with E-state index in [2.05, 4.69) is 11.9 Å². The van der Waals surface area contributed by atoms with Crippen LogP contribution in [0.25, 0.3) is 0 Å². The van der Waals surface area contributed by atoms with Gasteiger partial charge in [0.2, 0.25) is 0 Å². The summed E-state index contributed by atoms with van der Waals surface area (Å²) in [6, 6.07) is 9.81. The lowest BCUT2D eigenvalue weighted by atomic mass is 9.82. The number of fused-ring (bicyclic) bond motifs is 1. The van der Waals surface area contributed by atoms with Gasteiger partial charge in [0.05, 0.1) is 0 Å². The van der Waals surface area contributed by atoms with E-state index in [1.54, 1.807) is 0 Å². The molecule has 2 aliphatic rings. The minimum Gasteiger partial charge on any atom is -0.479 e. The van der Waals surface area contributed by atoms with Crippen LogP contribution in [0.4, 0.5) is 0 Å². The van der Waals surface area contributed by atoms with Crippen molar-refractivity contribution in [1.29, 1.82) is 0 Å². The normalized spacial score (nSPS) is 24.5. The van der Waals surface area contributed by atoms with Gasteiger partial charge in [-0.05, 0) is 23.3 Å². The van der Waals surface area contributed by atoms with Crippen molar-refractivity contribution in [1.82, 2.24) is 10.2 Å². The second-order valence-electron chi connectivity index (χ2n) is 8.61. The van der Waals surface area contributed by atoms with Crippen molar-refractivity contribution in [2.45, 2.75) is 37.7 Å². The molecule has 0 spiro atoms. The molecule has 10 nitrogen and oxygen atoms in total. The zero-order valence-corrected chi connectivity index (χ0v) is 18.7. The molecule has 5 unspecified atom stereocenters. The summed E-state index contributed by atoms with van der Waals surface area (Å²) in [4.78, 5) is 34.4. The second-order valence-corrected chi connectivity index (χ2v) is 8.61. The summed E-state index contributed by atoms with van der Waals surface area (Å²) < 4.78 is 0. The van der Waals surface area contributed by atoms with Gasteiger partial charge in [0.25, 0.3) is 5.91 Å². The van der Waals surface area contributed by atoms with Crippen LogP contribution in [-0.2, 0) is 20.0 Å². The van der Waals surface area contributed by atoms with E-state index in [0.29, 0.717) is 23.4 Å². The Morgan fingerprint density at radius 2 is 1.58 bits per heavy atom. The lowest BCUT2D eigenvalue weighted by Crippen LogP contribution is -2.50. The number of aliphatic hydroxyl groups is 3. The zero-order valence-electron chi connectivity index (χ0n) is 18.7. The average molecular weight is 465 g/mol. The fourth-order valence-electron chi connectivity index (χ4n) is 4.12. The zero-order chi connectivity index (χ0) is 24.9. The molecule has 0 bridgehead atoms. The summed E-state index contributed by atoms with van der Waals surface area (Å²) in [6.45, 7) is 9.80. The summed E-state index contributed by atoms with van der Waals surface area (Å²) >= 11 is 0. The van der Waals surface area contributed by atoms with Crippen molar-refractivity contribution in [3.63, 3.8) is 0 Å². The third-order valence-electron chi connectivity index (χ3n) is 6.16. The molecule has 5 atom stereocenters. The minimum atomic E-state index is -2.27. The molecular weight excluding hydrogens is 432 g/mol. The molecule has 10 heteroatoms. The standard InChI is InChI=1S/C19H26N2O2.C4H6O6/c1-4-10-20-17-15-11-21(12-16(15)17)18(22)19(23,13(2)3)14-8-6-5-7-9-14;5-1(3(7)8)2(6)4(9)10/h4-9,13,15-17,20,23H,1,10-12H2,2-3H3;1-2,5-6H,(H,7,8)(H,9,10). The van der Waals surface area contributed by atoms with E-state index in [1.165, 1.54) is 0 Å². The van der Waals surface area contributed by atoms with Gasteiger partial charge in [-0.15, -0.1) is 6.58 Å². The summed E-state index contributed by atoms with van der Waals surface area (Å²) in [5.74, 6) is -2.83. The molecule has 6 N–H and O–H groups in total. The highest BCUT2D eigenvalue weighted by Crippen LogP contribution is 2.47. The number of piperidine rings is 1.